The first-order valence-corrected chi connectivity index (χ1v) is 6.95. The van der Waals surface area contributed by atoms with Crippen LogP contribution in [0.2, 0.25) is 0 Å². The number of benzene rings is 1. The standard InChI is InChI=1S/C15H18N2O4/c1-9-7-20-8-10(2)17(9)15-16-13-11(14(18)19-3)5-4-6-12(13)21-15/h4-6,9-10H,7-8H2,1-3H3. The molecular weight excluding hydrogens is 272 g/mol. The Morgan fingerprint density at radius 1 is 1.33 bits per heavy atom. The van der Waals surface area contributed by atoms with Crippen LogP contribution in [0.1, 0.15) is 24.2 Å². The quantitative estimate of drug-likeness (QED) is 0.790. The molecule has 2 atom stereocenters. The third-order valence-corrected chi connectivity index (χ3v) is 3.70. The number of carbonyl (C=O) groups excluding carboxylic acids is 1. The number of fused-ring (bicyclic) bond motifs is 1. The number of oxazole rings is 1. The Balaban J connectivity index is 2.06. The van der Waals surface area contributed by atoms with Gasteiger partial charge in [0.05, 0.1) is 38.0 Å². The van der Waals surface area contributed by atoms with Crippen molar-refractivity contribution >= 4 is 23.1 Å². The Morgan fingerprint density at radius 3 is 2.71 bits per heavy atom. The highest BCUT2D eigenvalue weighted by Gasteiger charge is 2.30. The molecule has 0 amide bonds. The normalized spacial score (nSPS) is 22.5. The number of carbonyl (C=O) groups is 1. The minimum atomic E-state index is -0.413. The summed E-state index contributed by atoms with van der Waals surface area (Å²) < 4.78 is 16.1. The average Bonchev–Trinajstić information content (AvgIpc) is 2.89. The molecule has 1 aliphatic heterocycles. The summed E-state index contributed by atoms with van der Waals surface area (Å²) in [4.78, 5) is 18.4. The number of morpholine rings is 1. The fourth-order valence-corrected chi connectivity index (χ4v) is 2.70. The number of ether oxygens (including phenoxy) is 2. The van der Waals surface area contributed by atoms with Crippen molar-refractivity contribution in [3.05, 3.63) is 23.8 Å². The molecule has 1 aliphatic rings. The number of anilines is 1. The maximum atomic E-state index is 11.8. The lowest BCUT2D eigenvalue weighted by Crippen LogP contribution is -2.49. The largest absolute Gasteiger partial charge is 0.465 e. The molecule has 0 saturated carbocycles. The Kier molecular flexibility index (Phi) is 3.55. The first-order chi connectivity index (χ1) is 10.1. The van der Waals surface area contributed by atoms with Gasteiger partial charge in [-0.05, 0) is 26.0 Å². The van der Waals surface area contributed by atoms with E-state index in [1.54, 1.807) is 18.2 Å². The molecule has 2 aromatic rings. The molecular formula is C15H18N2O4. The molecule has 1 fully saturated rings. The summed E-state index contributed by atoms with van der Waals surface area (Å²) in [5.74, 6) is -0.413. The Morgan fingerprint density at radius 2 is 2.05 bits per heavy atom. The van der Waals surface area contributed by atoms with Crippen molar-refractivity contribution in [1.82, 2.24) is 4.98 Å². The summed E-state index contributed by atoms with van der Waals surface area (Å²) >= 11 is 0. The van der Waals surface area contributed by atoms with Crippen molar-refractivity contribution < 1.29 is 18.7 Å². The SMILES string of the molecule is COC(=O)c1cccc2oc(N3C(C)COCC3C)nc12. The predicted octanol–water partition coefficient (Wildman–Crippen LogP) is 2.23. The predicted molar refractivity (Wildman–Crippen MR) is 77.6 cm³/mol. The number of nitrogens with zero attached hydrogens (tertiary/aromatic N) is 2. The third-order valence-electron chi connectivity index (χ3n) is 3.70. The van der Waals surface area contributed by atoms with Gasteiger partial charge >= 0.3 is 5.97 Å². The zero-order valence-corrected chi connectivity index (χ0v) is 12.3. The van der Waals surface area contributed by atoms with Crippen LogP contribution in [0.25, 0.3) is 11.1 Å². The maximum Gasteiger partial charge on any atom is 0.340 e. The molecule has 112 valence electrons. The lowest BCUT2D eigenvalue weighted by Gasteiger charge is -2.37. The fraction of sp³-hybridized carbons (Fsp3) is 0.467. The van der Waals surface area contributed by atoms with Crippen LogP contribution >= 0.6 is 0 Å². The average molecular weight is 290 g/mol. The van der Waals surface area contributed by atoms with Crippen molar-refractivity contribution in [2.75, 3.05) is 25.2 Å². The van der Waals surface area contributed by atoms with E-state index in [2.05, 4.69) is 23.7 Å². The van der Waals surface area contributed by atoms with E-state index >= 15 is 0 Å². The number of hydrogen-bond donors (Lipinski definition) is 0. The lowest BCUT2D eigenvalue weighted by atomic mass is 10.2. The summed E-state index contributed by atoms with van der Waals surface area (Å²) in [7, 11) is 1.36. The molecule has 0 N–H and O–H groups in total. The van der Waals surface area contributed by atoms with Crippen LogP contribution in [0, 0.1) is 0 Å². The highest BCUT2D eigenvalue weighted by atomic mass is 16.5. The Labute approximate surface area is 122 Å². The number of hydrogen-bond acceptors (Lipinski definition) is 6. The number of rotatable bonds is 2. The van der Waals surface area contributed by atoms with E-state index in [0.717, 1.165) is 0 Å². The fourth-order valence-electron chi connectivity index (χ4n) is 2.70. The molecule has 0 radical (unpaired) electrons. The van der Waals surface area contributed by atoms with Gasteiger partial charge in [0.2, 0.25) is 0 Å². The summed E-state index contributed by atoms with van der Waals surface area (Å²) in [6.45, 7) is 5.39. The third kappa shape index (κ3) is 2.35. The summed E-state index contributed by atoms with van der Waals surface area (Å²) in [5.41, 5.74) is 1.53. The second kappa shape index (κ2) is 5.37. The van der Waals surface area contributed by atoms with Gasteiger partial charge in [-0.2, -0.15) is 4.98 Å². The van der Waals surface area contributed by atoms with Crippen molar-refractivity contribution in [2.45, 2.75) is 25.9 Å². The highest BCUT2D eigenvalue weighted by molar-refractivity contribution is 6.01. The minimum absolute atomic E-state index is 0.170. The van der Waals surface area contributed by atoms with Gasteiger partial charge in [-0.1, -0.05) is 6.07 Å². The number of methoxy groups -OCH3 is 1. The molecule has 6 nitrogen and oxygen atoms in total. The minimum Gasteiger partial charge on any atom is -0.465 e. The molecule has 0 aliphatic carbocycles. The van der Waals surface area contributed by atoms with Crippen molar-refractivity contribution in [3.63, 3.8) is 0 Å². The monoisotopic (exact) mass is 290 g/mol. The molecule has 1 saturated heterocycles. The molecule has 21 heavy (non-hydrogen) atoms. The second-order valence-electron chi connectivity index (χ2n) is 5.28. The van der Waals surface area contributed by atoms with Crippen molar-refractivity contribution in [2.24, 2.45) is 0 Å². The Hall–Kier alpha value is -2.08. The van der Waals surface area contributed by atoms with Crippen LogP contribution in [-0.2, 0) is 9.47 Å². The number of aromatic nitrogens is 1. The van der Waals surface area contributed by atoms with Crippen LogP contribution in [-0.4, -0.2) is 43.4 Å². The first-order valence-electron chi connectivity index (χ1n) is 6.95. The van der Waals surface area contributed by atoms with Crippen molar-refractivity contribution in [3.8, 4) is 0 Å². The van der Waals surface area contributed by atoms with E-state index in [9.17, 15) is 4.79 Å². The molecule has 1 aromatic heterocycles. The van der Waals surface area contributed by atoms with Crippen molar-refractivity contribution in [1.29, 1.82) is 0 Å². The van der Waals surface area contributed by atoms with E-state index in [0.29, 0.717) is 35.9 Å². The van der Waals surface area contributed by atoms with Crippen LogP contribution in [0.5, 0.6) is 0 Å². The molecule has 0 bridgehead atoms. The van der Waals surface area contributed by atoms with Crippen LogP contribution in [0.3, 0.4) is 0 Å². The maximum absolute atomic E-state index is 11.8. The van der Waals surface area contributed by atoms with Gasteiger partial charge in [-0.25, -0.2) is 4.79 Å². The molecule has 2 unspecified atom stereocenters. The van der Waals surface area contributed by atoms with Gasteiger partial charge in [-0.3, -0.25) is 0 Å². The summed E-state index contributed by atoms with van der Waals surface area (Å²) in [6, 6.07) is 6.10. The van der Waals surface area contributed by atoms with Crippen LogP contribution < -0.4 is 4.90 Å². The second-order valence-corrected chi connectivity index (χ2v) is 5.28. The van der Waals surface area contributed by atoms with E-state index in [-0.39, 0.29) is 12.1 Å². The van der Waals surface area contributed by atoms with E-state index < -0.39 is 5.97 Å². The molecule has 6 heteroatoms. The van der Waals surface area contributed by atoms with Gasteiger partial charge in [0.25, 0.3) is 6.01 Å². The van der Waals surface area contributed by atoms with E-state index in [4.69, 9.17) is 13.9 Å². The molecule has 1 aromatic carbocycles. The van der Waals surface area contributed by atoms with Gasteiger partial charge in [0.15, 0.2) is 5.58 Å². The van der Waals surface area contributed by atoms with E-state index in [1.807, 2.05) is 0 Å². The first kappa shape index (κ1) is 13.9. The number of esters is 1. The topological polar surface area (TPSA) is 64.8 Å². The zero-order valence-electron chi connectivity index (χ0n) is 12.3. The van der Waals surface area contributed by atoms with Gasteiger partial charge in [0, 0.05) is 0 Å². The molecule has 3 rings (SSSR count). The van der Waals surface area contributed by atoms with Gasteiger partial charge < -0.3 is 18.8 Å². The molecule has 0 spiro atoms. The van der Waals surface area contributed by atoms with Crippen LogP contribution in [0.4, 0.5) is 6.01 Å². The van der Waals surface area contributed by atoms with E-state index in [1.165, 1.54) is 7.11 Å². The van der Waals surface area contributed by atoms with Gasteiger partial charge in [-0.15, -0.1) is 0 Å². The van der Waals surface area contributed by atoms with Gasteiger partial charge in [0.1, 0.15) is 5.52 Å². The summed E-state index contributed by atoms with van der Waals surface area (Å²) in [5, 5.41) is 0. The van der Waals surface area contributed by atoms with Crippen LogP contribution in [0.15, 0.2) is 22.6 Å². The number of para-hydroxylation sites is 1. The lowest BCUT2D eigenvalue weighted by molar-refractivity contribution is 0.0602. The smallest absolute Gasteiger partial charge is 0.340 e. The highest BCUT2D eigenvalue weighted by Crippen LogP contribution is 2.29. The molecule has 2 heterocycles. The Bertz CT molecular complexity index is 657. The summed E-state index contributed by atoms with van der Waals surface area (Å²) in [6.07, 6.45) is 0. The zero-order chi connectivity index (χ0) is 15.0.